The fourth-order valence-electron chi connectivity index (χ4n) is 2.59. The van der Waals surface area contributed by atoms with Crippen LogP contribution in [0.25, 0.3) is 0 Å². The molecule has 1 saturated carbocycles. The number of nitrogens with zero attached hydrogens (tertiary/aromatic N) is 1. The first-order valence-electron chi connectivity index (χ1n) is 6.37. The van der Waals surface area contributed by atoms with E-state index in [1.165, 1.54) is 11.4 Å². The molecule has 0 heterocycles. The maximum atomic E-state index is 12.2. The Bertz CT molecular complexity index is 505. The molecule has 8 heteroatoms. The van der Waals surface area contributed by atoms with Crippen molar-refractivity contribution in [3.63, 3.8) is 0 Å². The Kier molecular flexibility index (Phi) is 5.03. The molecule has 1 fully saturated rings. The van der Waals surface area contributed by atoms with Crippen LogP contribution < -0.4 is 5.73 Å². The predicted octanol–water partition coefficient (Wildman–Crippen LogP) is 0.158. The summed E-state index contributed by atoms with van der Waals surface area (Å²) >= 11 is 0. The van der Waals surface area contributed by atoms with Crippen molar-refractivity contribution in [3.05, 3.63) is 0 Å². The summed E-state index contributed by atoms with van der Waals surface area (Å²) in [4.78, 5) is 0. The van der Waals surface area contributed by atoms with Gasteiger partial charge in [0.1, 0.15) is 0 Å². The van der Waals surface area contributed by atoms with Crippen molar-refractivity contribution in [2.24, 2.45) is 11.7 Å². The van der Waals surface area contributed by atoms with E-state index in [4.69, 9.17) is 5.73 Å². The average Bonchev–Trinajstić information content (AvgIpc) is 2.26. The van der Waals surface area contributed by atoms with Gasteiger partial charge in [0, 0.05) is 25.4 Å². The first-order chi connectivity index (χ1) is 8.52. The molecule has 2 N–H and O–H groups in total. The molecule has 0 radical (unpaired) electrons. The van der Waals surface area contributed by atoms with Gasteiger partial charge in [0.05, 0.1) is 0 Å². The minimum absolute atomic E-state index is 0.221. The molecule has 0 amide bonds. The van der Waals surface area contributed by atoms with Crippen LogP contribution in [-0.2, 0) is 19.9 Å². The fourth-order valence-corrected chi connectivity index (χ4v) is 6.24. The van der Waals surface area contributed by atoms with E-state index >= 15 is 0 Å². The molecule has 0 aromatic carbocycles. The second-order valence-corrected chi connectivity index (χ2v) is 10.2. The summed E-state index contributed by atoms with van der Waals surface area (Å²) in [6.07, 6.45) is 4.12. The highest BCUT2D eigenvalue weighted by Crippen LogP contribution is 2.36. The van der Waals surface area contributed by atoms with Crippen LogP contribution in [0.2, 0.25) is 0 Å². The van der Waals surface area contributed by atoms with Crippen LogP contribution in [0.3, 0.4) is 0 Å². The van der Waals surface area contributed by atoms with Crippen molar-refractivity contribution in [1.29, 1.82) is 0 Å². The van der Waals surface area contributed by atoms with Crippen molar-refractivity contribution >= 4 is 19.9 Å². The maximum Gasteiger partial charge on any atom is 0.228 e. The van der Waals surface area contributed by atoms with Gasteiger partial charge in [-0.05, 0) is 31.6 Å². The highest BCUT2D eigenvalue weighted by atomic mass is 32.3. The quantitative estimate of drug-likeness (QED) is 0.779. The molecule has 0 aliphatic heterocycles. The van der Waals surface area contributed by atoms with Crippen molar-refractivity contribution in [1.82, 2.24) is 4.31 Å². The van der Waals surface area contributed by atoms with Crippen molar-refractivity contribution in [2.75, 3.05) is 24.9 Å². The van der Waals surface area contributed by atoms with E-state index in [1.807, 2.05) is 0 Å². The molecular formula is C11H24N2O4S2. The van der Waals surface area contributed by atoms with Crippen LogP contribution in [0.5, 0.6) is 0 Å². The van der Waals surface area contributed by atoms with Gasteiger partial charge in [-0.15, -0.1) is 0 Å². The van der Waals surface area contributed by atoms with Crippen LogP contribution in [0.1, 0.15) is 32.6 Å². The third-order valence-corrected chi connectivity index (χ3v) is 8.16. The first-order valence-corrected chi connectivity index (χ1v) is 10.0. The van der Waals surface area contributed by atoms with E-state index in [9.17, 15) is 16.8 Å². The standard InChI is InChI=1S/C11H24N2O4S2/c1-10-4-6-11(8-12,7-5-10)13(2)19(16,17)9-18(3,14)15/h10H,4-9,12H2,1-3H3. The second kappa shape index (κ2) is 5.67. The Hall–Kier alpha value is -0.180. The molecule has 114 valence electrons. The second-order valence-electron chi connectivity index (χ2n) is 5.73. The molecule has 1 aliphatic carbocycles. The zero-order valence-corrected chi connectivity index (χ0v) is 13.4. The van der Waals surface area contributed by atoms with E-state index in [1.54, 1.807) is 0 Å². The minimum atomic E-state index is -3.84. The lowest BCUT2D eigenvalue weighted by Gasteiger charge is -2.44. The molecule has 0 saturated heterocycles. The summed E-state index contributed by atoms with van der Waals surface area (Å²) in [5, 5.41) is -0.853. The van der Waals surface area contributed by atoms with Gasteiger partial charge in [-0.3, -0.25) is 0 Å². The van der Waals surface area contributed by atoms with Gasteiger partial charge in [-0.25, -0.2) is 16.8 Å². The van der Waals surface area contributed by atoms with E-state index in [-0.39, 0.29) is 6.54 Å². The van der Waals surface area contributed by atoms with Gasteiger partial charge in [-0.1, -0.05) is 6.92 Å². The number of likely N-dealkylation sites (N-methyl/N-ethyl adjacent to an activating group) is 1. The number of sulfone groups is 1. The molecule has 0 bridgehead atoms. The molecule has 6 nitrogen and oxygen atoms in total. The van der Waals surface area contributed by atoms with Gasteiger partial charge in [0.15, 0.2) is 14.9 Å². The summed E-state index contributed by atoms with van der Waals surface area (Å²) in [5.41, 5.74) is 5.16. The molecule has 1 aliphatic rings. The fraction of sp³-hybridized carbons (Fsp3) is 1.00. The van der Waals surface area contributed by atoms with Crippen LogP contribution in [0.15, 0.2) is 0 Å². The molecular weight excluding hydrogens is 288 g/mol. The third kappa shape index (κ3) is 4.14. The number of rotatable bonds is 5. The molecule has 1 rings (SSSR count). The average molecular weight is 312 g/mol. The Labute approximate surface area is 116 Å². The summed E-state index contributed by atoms with van der Waals surface area (Å²) < 4.78 is 48.0. The Balaban J connectivity index is 2.99. The van der Waals surface area contributed by atoms with Gasteiger partial charge >= 0.3 is 0 Å². The largest absolute Gasteiger partial charge is 0.329 e. The van der Waals surface area contributed by atoms with Crippen molar-refractivity contribution in [3.8, 4) is 0 Å². The molecule has 0 spiro atoms. The molecule has 0 aromatic rings. The third-order valence-electron chi connectivity index (χ3n) is 4.03. The highest BCUT2D eigenvalue weighted by Gasteiger charge is 2.42. The Morgan fingerprint density at radius 2 is 1.68 bits per heavy atom. The maximum absolute atomic E-state index is 12.2. The zero-order valence-electron chi connectivity index (χ0n) is 11.8. The molecule has 19 heavy (non-hydrogen) atoms. The predicted molar refractivity (Wildman–Crippen MR) is 75.8 cm³/mol. The van der Waals surface area contributed by atoms with Crippen LogP contribution in [0.4, 0.5) is 0 Å². The van der Waals surface area contributed by atoms with Crippen molar-refractivity contribution < 1.29 is 16.8 Å². The first kappa shape index (κ1) is 16.9. The molecule has 0 aromatic heterocycles. The molecule has 0 atom stereocenters. The smallest absolute Gasteiger partial charge is 0.228 e. The Morgan fingerprint density at radius 3 is 2.05 bits per heavy atom. The number of sulfonamides is 1. The van der Waals surface area contributed by atoms with Gasteiger partial charge < -0.3 is 5.73 Å². The van der Waals surface area contributed by atoms with Crippen LogP contribution in [0, 0.1) is 5.92 Å². The highest BCUT2D eigenvalue weighted by molar-refractivity contribution is 8.06. The number of hydrogen-bond acceptors (Lipinski definition) is 5. The lowest BCUT2D eigenvalue weighted by molar-refractivity contribution is 0.136. The summed E-state index contributed by atoms with van der Waals surface area (Å²) in [7, 11) is -5.97. The van der Waals surface area contributed by atoms with Gasteiger partial charge in [-0.2, -0.15) is 4.31 Å². The van der Waals surface area contributed by atoms with Crippen LogP contribution in [-0.4, -0.2) is 51.6 Å². The SMILES string of the molecule is CC1CCC(CN)(N(C)S(=O)(=O)CS(C)(=O)=O)CC1. The normalized spacial score (nSPS) is 29.6. The summed E-state index contributed by atoms with van der Waals surface area (Å²) in [5.74, 6) is 0.561. The van der Waals surface area contributed by atoms with E-state index in [0.29, 0.717) is 18.8 Å². The number of nitrogens with two attached hydrogens (primary N) is 1. The van der Waals surface area contributed by atoms with E-state index < -0.39 is 30.5 Å². The summed E-state index contributed by atoms with van der Waals surface area (Å²) in [6.45, 7) is 2.35. The van der Waals surface area contributed by atoms with Crippen molar-refractivity contribution in [2.45, 2.75) is 38.1 Å². The van der Waals surface area contributed by atoms with Gasteiger partial charge in [0.25, 0.3) is 0 Å². The lowest BCUT2D eigenvalue weighted by atomic mass is 9.77. The lowest BCUT2D eigenvalue weighted by Crippen LogP contribution is -2.56. The minimum Gasteiger partial charge on any atom is -0.329 e. The van der Waals surface area contributed by atoms with Crippen LogP contribution >= 0.6 is 0 Å². The zero-order chi connectivity index (χ0) is 14.9. The van der Waals surface area contributed by atoms with Gasteiger partial charge in [0.2, 0.25) is 10.0 Å². The topological polar surface area (TPSA) is 97.5 Å². The Morgan fingerprint density at radius 1 is 1.21 bits per heavy atom. The van der Waals surface area contributed by atoms with E-state index in [2.05, 4.69) is 6.92 Å². The van der Waals surface area contributed by atoms with E-state index in [0.717, 1.165) is 19.1 Å². The molecule has 0 unspecified atom stereocenters. The summed E-state index contributed by atoms with van der Waals surface area (Å²) in [6, 6.07) is 0. The monoisotopic (exact) mass is 312 g/mol. The number of hydrogen-bond donors (Lipinski definition) is 1.